The first-order valence-electron chi connectivity index (χ1n) is 14.2. The van der Waals surface area contributed by atoms with E-state index in [-0.39, 0.29) is 23.1 Å². The average molecular weight is 587 g/mol. The number of anilines is 2. The zero-order chi connectivity index (χ0) is 30.3. The summed E-state index contributed by atoms with van der Waals surface area (Å²) in [6.07, 6.45) is 0.853. The number of nitrogens with one attached hydrogen (secondary N) is 2. The third-order valence-electron chi connectivity index (χ3n) is 7.68. The van der Waals surface area contributed by atoms with Crippen LogP contribution in [0.5, 0.6) is 5.75 Å². The minimum Gasteiger partial charge on any atom is -0.497 e. The number of carbonyl (C=O) groups is 3. The van der Waals surface area contributed by atoms with Gasteiger partial charge in [-0.05, 0) is 61.5 Å². The molecule has 0 radical (unpaired) electrons. The summed E-state index contributed by atoms with van der Waals surface area (Å²) in [5, 5.41) is 17.3. The van der Waals surface area contributed by atoms with Crippen molar-refractivity contribution in [3.63, 3.8) is 0 Å². The van der Waals surface area contributed by atoms with Gasteiger partial charge in [-0.25, -0.2) is 0 Å². The summed E-state index contributed by atoms with van der Waals surface area (Å²) >= 11 is 0. The number of benzene rings is 3. The second-order valence-corrected chi connectivity index (χ2v) is 10.4. The van der Waals surface area contributed by atoms with Gasteiger partial charge in [-0.1, -0.05) is 6.07 Å². The molecule has 0 aliphatic carbocycles. The summed E-state index contributed by atoms with van der Waals surface area (Å²) in [7, 11) is 1.56. The van der Waals surface area contributed by atoms with Crippen molar-refractivity contribution in [2.45, 2.75) is 6.42 Å². The number of methoxy groups -OCH3 is 1. The van der Waals surface area contributed by atoms with Crippen molar-refractivity contribution in [1.82, 2.24) is 15.1 Å². The number of nitro benzene ring substituents is 1. The van der Waals surface area contributed by atoms with E-state index in [9.17, 15) is 24.5 Å². The molecule has 12 heteroatoms. The smallest absolute Gasteiger partial charge is 0.269 e. The Morgan fingerprint density at radius 2 is 1.49 bits per heavy atom. The number of ether oxygens (including phenoxy) is 1. The highest BCUT2D eigenvalue weighted by Gasteiger charge is 2.26. The van der Waals surface area contributed by atoms with Gasteiger partial charge in [0, 0.05) is 74.6 Å². The van der Waals surface area contributed by atoms with Crippen molar-refractivity contribution in [2.24, 2.45) is 0 Å². The van der Waals surface area contributed by atoms with Gasteiger partial charge in [0.1, 0.15) is 5.75 Å². The highest BCUT2D eigenvalue weighted by molar-refractivity contribution is 6.07. The van der Waals surface area contributed by atoms with Crippen LogP contribution in [0, 0.1) is 10.1 Å². The van der Waals surface area contributed by atoms with Gasteiger partial charge in [0.25, 0.3) is 23.4 Å². The van der Waals surface area contributed by atoms with E-state index >= 15 is 0 Å². The molecule has 2 aliphatic heterocycles. The van der Waals surface area contributed by atoms with Gasteiger partial charge in [0.2, 0.25) is 0 Å². The van der Waals surface area contributed by atoms with Crippen LogP contribution in [0.3, 0.4) is 0 Å². The van der Waals surface area contributed by atoms with Crippen molar-refractivity contribution >= 4 is 34.8 Å². The van der Waals surface area contributed by atoms with Gasteiger partial charge < -0.3 is 30.1 Å². The third kappa shape index (κ3) is 6.92. The monoisotopic (exact) mass is 586 g/mol. The van der Waals surface area contributed by atoms with Crippen LogP contribution >= 0.6 is 0 Å². The molecule has 0 spiro atoms. The minimum atomic E-state index is -0.522. The molecule has 0 atom stereocenters. The van der Waals surface area contributed by atoms with Crippen molar-refractivity contribution in [2.75, 3.05) is 69.7 Å². The van der Waals surface area contributed by atoms with E-state index in [1.165, 1.54) is 24.3 Å². The molecule has 2 aliphatic rings. The zero-order valence-electron chi connectivity index (χ0n) is 24.0. The Balaban J connectivity index is 1.37. The van der Waals surface area contributed by atoms with Crippen LogP contribution < -0.4 is 20.3 Å². The molecule has 3 aromatic carbocycles. The molecular weight excluding hydrogens is 552 g/mol. The lowest BCUT2D eigenvalue weighted by Crippen LogP contribution is -2.49. The summed E-state index contributed by atoms with van der Waals surface area (Å²) in [6.45, 7) is 4.76. The van der Waals surface area contributed by atoms with E-state index < -0.39 is 10.8 Å². The molecule has 3 aromatic rings. The number of amides is 3. The van der Waals surface area contributed by atoms with E-state index in [2.05, 4.69) is 15.5 Å². The molecule has 2 heterocycles. The molecule has 2 fully saturated rings. The molecule has 0 aromatic heterocycles. The molecule has 0 unspecified atom stereocenters. The molecule has 12 nitrogen and oxygen atoms in total. The van der Waals surface area contributed by atoms with Gasteiger partial charge in [-0.2, -0.15) is 0 Å². The van der Waals surface area contributed by atoms with E-state index in [0.717, 1.165) is 18.7 Å². The van der Waals surface area contributed by atoms with Gasteiger partial charge in [0.05, 0.1) is 23.4 Å². The van der Waals surface area contributed by atoms with Gasteiger partial charge in [-0.3, -0.25) is 24.5 Å². The Kier molecular flexibility index (Phi) is 9.16. The minimum absolute atomic E-state index is 0.0851. The number of carbonyl (C=O) groups excluding carboxylic acids is 3. The Hall–Kier alpha value is -4.97. The largest absolute Gasteiger partial charge is 0.497 e. The Bertz CT molecular complexity index is 1490. The van der Waals surface area contributed by atoms with Crippen LogP contribution in [-0.2, 0) is 0 Å². The maximum Gasteiger partial charge on any atom is 0.269 e. The van der Waals surface area contributed by atoms with E-state index in [0.29, 0.717) is 68.4 Å². The van der Waals surface area contributed by atoms with E-state index in [1.807, 2.05) is 6.07 Å². The zero-order valence-corrected chi connectivity index (χ0v) is 24.0. The number of rotatable bonds is 7. The number of nitrogens with zero attached hydrogens (tertiary/aromatic N) is 4. The van der Waals surface area contributed by atoms with Crippen molar-refractivity contribution < 1.29 is 24.0 Å². The van der Waals surface area contributed by atoms with Gasteiger partial charge in [0.15, 0.2) is 0 Å². The molecule has 224 valence electrons. The summed E-state index contributed by atoms with van der Waals surface area (Å²) in [5.74, 6) is -0.0385. The SMILES string of the molecule is COc1cccc(C(=O)N2CCN(c3ccc(C(=O)N4CCCNCC4)cc3NC(=O)c3ccc([N+](=O)[O-])cc3)CC2)c1. The lowest BCUT2D eigenvalue weighted by atomic mass is 10.1. The molecule has 43 heavy (non-hydrogen) atoms. The predicted octanol–water partition coefficient (Wildman–Crippen LogP) is 3.25. The lowest BCUT2D eigenvalue weighted by molar-refractivity contribution is -0.384. The predicted molar refractivity (Wildman–Crippen MR) is 162 cm³/mol. The number of hydrogen-bond donors (Lipinski definition) is 2. The highest BCUT2D eigenvalue weighted by Crippen LogP contribution is 2.30. The Morgan fingerprint density at radius 3 is 2.19 bits per heavy atom. The second kappa shape index (κ2) is 13.3. The summed E-state index contributed by atoms with van der Waals surface area (Å²) in [4.78, 5) is 56.0. The van der Waals surface area contributed by atoms with Crippen LogP contribution in [0.1, 0.15) is 37.5 Å². The molecular formula is C31H34N6O6. The fourth-order valence-corrected chi connectivity index (χ4v) is 5.29. The molecule has 0 bridgehead atoms. The van der Waals surface area contributed by atoms with E-state index in [1.54, 1.807) is 53.3 Å². The standard InChI is InChI=1S/C31H34N6O6/c1-43-26-5-2-4-23(20-26)30(39)36-18-16-34(17-19-36)28-11-8-24(31(40)35-14-3-12-32-13-15-35)21-27(28)33-29(38)22-6-9-25(10-7-22)37(41)42/h2,4-11,20-21,32H,3,12-19H2,1H3,(H,33,38). The fourth-order valence-electron chi connectivity index (χ4n) is 5.29. The van der Waals surface area contributed by atoms with Crippen LogP contribution in [0.4, 0.5) is 17.1 Å². The van der Waals surface area contributed by atoms with Crippen molar-refractivity contribution in [3.8, 4) is 5.75 Å². The molecule has 2 N–H and O–H groups in total. The molecule has 5 rings (SSSR count). The van der Waals surface area contributed by atoms with Crippen LogP contribution in [0.2, 0.25) is 0 Å². The van der Waals surface area contributed by atoms with Crippen LogP contribution in [-0.4, -0.2) is 91.9 Å². The maximum absolute atomic E-state index is 13.4. The van der Waals surface area contributed by atoms with Gasteiger partial charge >= 0.3 is 0 Å². The first-order chi connectivity index (χ1) is 20.8. The molecule has 3 amide bonds. The number of hydrogen-bond acceptors (Lipinski definition) is 8. The quantitative estimate of drug-likeness (QED) is 0.318. The highest BCUT2D eigenvalue weighted by atomic mass is 16.6. The van der Waals surface area contributed by atoms with Gasteiger partial charge in [-0.15, -0.1) is 0 Å². The van der Waals surface area contributed by atoms with Crippen LogP contribution in [0.15, 0.2) is 66.7 Å². The van der Waals surface area contributed by atoms with Crippen molar-refractivity contribution in [3.05, 3.63) is 93.5 Å². The number of non-ortho nitro benzene ring substituents is 1. The number of piperazine rings is 1. The first kappa shape index (κ1) is 29.5. The maximum atomic E-state index is 13.4. The first-order valence-corrected chi connectivity index (χ1v) is 14.2. The summed E-state index contributed by atoms with van der Waals surface area (Å²) < 4.78 is 5.26. The normalized spacial score (nSPS) is 15.4. The Labute approximate surface area is 249 Å². The van der Waals surface area contributed by atoms with Crippen molar-refractivity contribution in [1.29, 1.82) is 0 Å². The van der Waals surface area contributed by atoms with Crippen LogP contribution in [0.25, 0.3) is 0 Å². The molecule has 2 saturated heterocycles. The lowest BCUT2D eigenvalue weighted by Gasteiger charge is -2.37. The third-order valence-corrected chi connectivity index (χ3v) is 7.68. The summed E-state index contributed by atoms with van der Waals surface area (Å²) in [5.41, 5.74) is 2.32. The number of nitro groups is 1. The second-order valence-electron chi connectivity index (χ2n) is 10.4. The average Bonchev–Trinajstić information content (AvgIpc) is 3.34. The fraction of sp³-hybridized carbons (Fsp3) is 0.323. The topological polar surface area (TPSA) is 137 Å². The molecule has 0 saturated carbocycles. The summed E-state index contributed by atoms with van der Waals surface area (Å²) in [6, 6.07) is 17.7. The Morgan fingerprint density at radius 1 is 0.814 bits per heavy atom. The van der Waals surface area contributed by atoms with E-state index in [4.69, 9.17) is 4.74 Å².